The molecule has 1 aliphatic rings. The molecule has 5 heteroatoms. The molecule has 0 bridgehead atoms. The lowest BCUT2D eigenvalue weighted by molar-refractivity contribution is -0.134. The van der Waals surface area contributed by atoms with Gasteiger partial charge >= 0.3 is 0 Å². The maximum Gasteiger partial charge on any atom is 0.227 e. The van der Waals surface area contributed by atoms with E-state index in [-0.39, 0.29) is 30.0 Å². The lowest BCUT2D eigenvalue weighted by Crippen LogP contribution is -2.33. The third-order valence-corrected chi connectivity index (χ3v) is 3.09. The highest BCUT2D eigenvalue weighted by atomic mass is 35.5. The number of halogens is 2. The first-order valence-electron chi connectivity index (χ1n) is 5.87. The molecule has 3 nitrogen and oxygen atoms in total. The minimum absolute atomic E-state index is 0. The predicted octanol–water partition coefficient (Wildman–Crippen LogP) is 1.82. The zero-order valence-corrected chi connectivity index (χ0v) is 11.2. The fourth-order valence-electron chi connectivity index (χ4n) is 2.16. The van der Waals surface area contributed by atoms with Crippen LogP contribution in [0.4, 0.5) is 4.39 Å². The molecule has 1 amide bonds. The average Bonchev–Trinajstić information content (AvgIpc) is 2.81. The monoisotopic (exact) mass is 272 g/mol. The fourth-order valence-corrected chi connectivity index (χ4v) is 2.16. The number of hydrogen-bond donors (Lipinski definition) is 1. The maximum atomic E-state index is 13.0. The molecule has 1 aliphatic heterocycles. The lowest BCUT2D eigenvalue weighted by Gasteiger charge is -2.20. The summed E-state index contributed by atoms with van der Waals surface area (Å²) in [7, 11) is 1.77. The van der Waals surface area contributed by atoms with E-state index >= 15 is 0 Å². The summed E-state index contributed by atoms with van der Waals surface area (Å²) in [5.41, 5.74) is 0.826. The maximum absolute atomic E-state index is 13.0. The molecule has 1 N–H and O–H groups in total. The van der Waals surface area contributed by atoms with E-state index in [9.17, 15) is 9.18 Å². The van der Waals surface area contributed by atoms with Crippen molar-refractivity contribution in [2.24, 2.45) is 5.92 Å². The number of nitrogens with zero attached hydrogens (tertiary/aromatic N) is 1. The number of amides is 1. The molecule has 0 radical (unpaired) electrons. The molecule has 1 unspecified atom stereocenters. The molecular weight excluding hydrogens is 255 g/mol. The van der Waals surface area contributed by atoms with Crippen LogP contribution in [-0.2, 0) is 11.3 Å². The van der Waals surface area contributed by atoms with Gasteiger partial charge in [-0.3, -0.25) is 4.79 Å². The van der Waals surface area contributed by atoms with E-state index in [1.807, 2.05) is 6.07 Å². The number of benzene rings is 1. The van der Waals surface area contributed by atoms with Gasteiger partial charge < -0.3 is 10.2 Å². The molecular formula is C13H18ClFN2O. The number of nitrogens with one attached hydrogen (secondary N) is 1. The molecule has 0 aromatic heterocycles. The summed E-state index contributed by atoms with van der Waals surface area (Å²) in [5, 5.41) is 3.17. The highest BCUT2D eigenvalue weighted by Crippen LogP contribution is 2.13. The van der Waals surface area contributed by atoms with E-state index in [1.54, 1.807) is 18.0 Å². The molecule has 0 spiro atoms. The van der Waals surface area contributed by atoms with E-state index in [0.717, 1.165) is 25.1 Å². The summed E-state index contributed by atoms with van der Waals surface area (Å²) >= 11 is 0. The zero-order valence-electron chi connectivity index (χ0n) is 10.4. The first-order chi connectivity index (χ1) is 8.16. The number of carbonyl (C=O) groups excluding carboxylic acids is 1. The smallest absolute Gasteiger partial charge is 0.227 e. The van der Waals surface area contributed by atoms with Crippen molar-refractivity contribution in [3.8, 4) is 0 Å². The van der Waals surface area contributed by atoms with E-state index in [4.69, 9.17) is 0 Å². The van der Waals surface area contributed by atoms with Crippen LogP contribution >= 0.6 is 12.4 Å². The summed E-state index contributed by atoms with van der Waals surface area (Å²) in [6.45, 7) is 2.13. The molecule has 1 fully saturated rings. The predicted molar refractivity (Wildman–Crippen MR) is 71.1 cm³/mol. The Balaban J connectivity index is 0.00000162. The second kappa shape index (κ2) is 6.71. The van der Waals surface area contributed by atoms with Gasteiger partial charge in [-0.1, -0.05) is 12.1 Å². The summed E-state index contributed by atoms with van der Waals surface area (Å²) in [4.78, 5) is 13.7. The van der Waals surface area contributed by atoms with E-state index in [1.165, 1.54) is 12.1 Å². The van der Waals surface area contributed by atoms with E-state index in [2.05, 4.69) is 5.32 Å². The first-order valence-corrected chi connectivity index (χ1v) is 5.87. The summed E-state index contributed by atoms with van der Waals surface area (Å²) in [6.07, 6.45) is 0.895. The quantitative estimate of drug-likeness (QED) is 0.910. The van der Waals surface area contributed by atoms with Crippen molar-refractivity contribution in [1.82, 2.24) is 10.2 Å². The van der Waals surface area contributed by atoms with E-state index in [0.29, 0.717) is 6.54 Å². The fraction of sp³-hybridized carbons (Fsp3) is 0.462. The average molecular weight is 273 g/mol. The van der Waals surface area contributed by atoms with Crippen molar-refractivity contribution < 1.29 is 9.18 Å². The summed E-state index contributed by atoms with van der Waals surface area (Å²) in [6, 6.07) is 6.38. The standard InChI is InChI=1S/C13H17FN2O.ClH/c1-16(13(17)11-5-6-15-8-11)9-10-3-2-4-12(14)7-10;/h2-4,7,11,15H,5-6,8-9H2,1H3;1H. The van der Waals surface area contributed by atoms with Crippen molar-refractivity contribution in [2.45, 2.75) is 13.0 Å². The first kappa shape index (κ1) is 14.9. The van der Waals surface area contributed by atoms with Gasteiger partial charge in [0, 0.05) is 20.1 Å². The van der Waals surface area contributed by atoms with Crippen molar-refractivity contribution in [3.63, 3.8) is 0 Å². The third-order valence-electron chi connectivity index (χ3n) is 3.09. The molecule has 0 aliphatic carbocycles. The van der Waals surface area contributed by atoms with Crippen LogP contribution in [0.5, 0.6) is 0 Å². The van der Waals surface area contributed by atoms with Crippen LogP contribution in [0.15, 0.2) is 24.3 Å². The summed E-state index contributed by atoms with van der Waals surface area (Å²) < 4.78 is 13.0. The van der Waals surface area contributed by atoms with Crippen molar-refractivity contribution in [1.29, 1.82) is 0 Å². The van der Waals surface area contributed by atoms with Crippen LogP contribution in [0.3, 0.4) is 0 Å². The van der Waals surface area contributed by atoms with Gasteiger partial charge in [0.25, 0.3) is 0 Å². The Morgan fingerprint density at radius 2 is 2.33 bits per heavy atom. The Morgan fingerprint density at radius 1 is 1.56 bits per heavy atom. The van der Waals surface area contributed by atoms with Gasteiger partial charge in [0.1, 0.15) is 5.82 Å². The molecule has 0 saturated carbocycles. The normalized spacial score (nSPS) is 18.2. The van der Waals surface area contributed by atoms with Crippen LogP contribution in [0.25, 0.3) is 0 Å². The van der Waals surface area contributed by atoms with Crippen LogP contribution in [-0.4, -0.2) is 30.9 Å². The van der Waals surface area contributed by atoms with Gasteiger partial charge in [-0.25, -0.2) is 4.39 Å². The Morgan fingerprint density at radius 3 is 2.94 bits per heavy atom. The SMILES string of the molecule is CN(Cc1cccc(F)c1)C(=O)C1CCNC1.Cl. The minimum atomic E-state index is -0.258. The van der Waals surface area contributed by atoms with Gasteiger partial charge in [-0.15, -0.1) is 12.4 Å². The molecule has 2 rings (SSSR count). The Labute approximate surface area is 113 Å². The van der Waals surface area contributed by atoms with Crippen molar-refractivity contribution >= 4 is 18.3 Å². The van der Waals surface area contributed by atoms with Crippen LogP contribution in [0.1, 0.15) is 12.0 Å². The second-order valence-electron chi connectivity index (χ2n) is 4.51. The number of carbonyl (C=O) groups is 1. The van der Waals surface area contributed by atoms with Crippen LogP contribution in [0, 0.1) is 11.7 Å². The third kappa shape index (κ3) is 3.68. The zero-order chi connectivity index (χ0) is 12.3. The van der Waals surface area contributed by atoms with Gasteiger partial charge in [0.2, 0.25) is 5.91 Å². The Hall–Kier alpha value is -1.13. The van der Waals surface area contributed by atoms with Gasteiger partial charge in [-0.2, -0.15) is 0 Å². The Bertz CT molecular complexity index is 408. The van der Waals surface area contributed by atoms with Crippen molar-refractivity contribution in [2.75, 3.05) is 20.1 Å². The Kier molecular flexibility index (Phi) is 5.56. The molecule has 100 valence electrons. The number of hydrogen-bond acceptors (Lipinski definition) is 2. The highest BCUT2D eigenvalue weighted by Gasteiger charge is 2.25. The molecule has 1 atom stereocenters. The minimum Gasteiger partial charge on any atom is -0.341 e. The van der Waals surface area contributed by atoms with Gasteiger partial charge in [0.05, 0.1) is 5.92 Å². The van der Waals surface area contributed by atoms with Crippen molar-refractivity contribution in [3.05, 3.63) is 35.6 Å². The number of rotatable bonds is 3. The largest absolute Gasteiger partial charge is 0.341 e. The highest BCUT2D eigenvalue weighted by molar-refractivity contribution is 5.85. The van der Waals surface area contributed by atoms with Gasteiger partial charge in [0.15, 0.2) is 0 Å². The molecule has 1 aromatic rings. The van der Waals surface area contributed by atoms with E-state index < -0.39 is 0 Å². The topological polar surface area (TPSA) is 32.3 Å². The van der Waals surface area contributed by atoms with Crippen LogP contribution < -0.4 is 5.32 Å². The molecule has 18 heavy (non-hydrogen) atoms. The van der Waals surface area contributed by atoms with Gasteiger partial charge in [-0.05, 0) is 30.7 Å². The lowest BCUT2D eigenvalue weighted by atomic mass is 10.1. The summed E-state index contributed by atoms with van der Waals surface area (Å²) in [5.74, 6) is -0.0429. The molecule has 1 aromatic carbocycles. The second-order valence-corrected chi connectivity index (χ2v) is 4.51. The molecule has 1 heterocycles. The van der Waals surface area contributed by atoms with Crippen LogP contribution in [0.2, 0.25) is 0 Å². The molecule has 1 saturated heterocycles.